The minimum Gasteiger partial charge on any atom is -0.392 e. The van der Waals surface area contributed by atoms with Crippen LogP contribution in [0.3, 0.4) is 0 Å². The van der Waals surface area contributed by atoms with Crippen molar-refractivity contribution in [3.8, 4) is 0 Å². The Morgan fingerprint density at radius 3 is 2.62 bits per heavy atom. The van der Waals surface area contributed by atoms with Crippen LogP contribution in [-0.4, -0.2) is 47.4 Å². The second-order valence-corrected chi connectivity index (χ2v) is 5.62. The Bertz CT molecular complexity index is 206. The number of hydrogen-bond acceptors (Lipinski definition) is 3. The van der Waals surface area contributed by atoms with Gasteiger partial charge in [0.05, 0.1) is 11.7 Å². The van der Waals surface area contributed by atoms with E-state index in [1.165, 1.54) is 0 Å². The van der Waals surface area contributed by atoms with Crippen LogP contribution in [-0.2, 0) is 4.74 Å². The number of unbranched alkanes of at least 4 members (excludes halogenated alkanes) is 1. The Morgan fingerprint density at radius 1 is 1.50 bits per heavy atom. The molecule has 3 unspecified atom stereocenters. The first-order valence-electron chi connectivity index (χ1n) is 6.50. The van der Waals surface area contributed by atoms with E-state index in [-0.39, 0.29) is 11.7 Å². The number of ether oxygens (including phenoxy) is 1. The fraction of sp³-hybridized carbons (Fsp3) is 1.00. The van der Waals surface area contributed by atoms with Crippen molar-refractivity contribution in [1.29, 1.82) is 0 Å². The summed E-state index contributed by atoms with van der Waals surface area (Å²) in [5.74, 6) is 0. The number of nitrogens with zero attached hydrogens (tertiary/aromatic N) is 1. The molecular formula is C13H27NO2. The monoisotopic (exact) mass is 229 g/mol. The Hall–Kier alpha value is -0.120. The summed E-state index contributed by atoms with van der Waals surface area (Å²) in [6, 6.07) is 0.666. The second-order valence-electron chi connectivity index (χ2n) is 5.62. The molecule has 0 amide bonds. The SMILES string of the molecule is CCCCOC(C)(C)CC(O)CN1CC1C. The number of aliphatic hydroxyl groups is 1. The third kappa shape index (κ3) is 5.28. The summed E-state index contributed by atoms with van der Waals surface area (Å²) in [5, 5.41) is 9.95. The zero-order valence-corrected chi connectivity index (χ0v) is 11.2. The molecule has 0 aromatic heterocycles. The smallest absolute Gasteiger partial charge is 0.0694 e. The van der Waals surface area contributed by atoms with Crippen molar-refractivity contribution in [3.05, 3.63) is 0 Å². The molecule has 0 aliphatic carbocycles. The molecule has 16 heavy (non-hydrogen) atoms. The van der Waals surface area contributed by atoms with Crippen LogP contribution in [0.1, 0.15) is 47.0 Å². The molecule has 0 aromatic rings. The van der Waals surface area contributed by atoms with Crippen molar-refractivity contribution in [2.45, 2.75) is 64.7 Å². The number of aliphatic hydroxyl groups excluding tert-OH is 1. The Labute approximate surface area is 99.8 Å². The summed E-state index contributed by atoms with van der Waals surface area (Å²) in [4.78, 5) is 2.28. The van der Waals surface area contributed by atoms with E-state index in [4.69, 9.17) is 4.74 Å². The van der Waals surface area contributed by atoms with Crippen molar-refractivity contribution in [2.24, 2.45) is 0 Å². The van der Waals surface area contributed by atoms with Gasteiger partial charge in [0.25, 0.3) is 0 Å². The molecule has 1 rings (SSSR count). The number of rotatable bonds is 8. The first-order chi connectivity index (χ1) is 7.44. The van der Waals surface area contributed by atoms with Gasteiger partial charge in [0, 0.05) is 32.2 Å². The molecule has 1 fully saturated rings. The lowest BCUT2D eigenvalue weighted by Gasteiger charge is -2.28. The van der Waals surface area contributed by atoms with Gasteiger partial charge in [-0.1, -0.05) is 13.3 Å². The Kier molecular flexibility index (Phi) is 5.22. The summed E-state index contributed by atoms with van der Waals surface area (Å²) in [6.45, 7) is 11.2. The molecule has 1 aliphatic heterocycles. The number of hydrogen-bond donors (Lipinski definition) is 1. The fourth-order valence-corrected chi connectivity index (χ4v) is 2.00. The summed E-state index contributed by atoms with van der Waals surface area (Å²) in [6.07, 6.45) is 2.72. The topological polar surface area (TPSA) is 32.5 Å². The molecule has 0 saturated carbocycles. The van der Waals surface area contributed by atoms with Crippen LogP contribution >= 0.6 is 0 Å². The van der Waals surface area contributed by atoms with Crippen molar-refractivity contribution in [2.75, 3.05) is 19.7 Å². The van der Waals surface area contributed by atoms with Gasteiger partial charge in [-0.3, -0.25) is 4.90 Å². The van der Waals surface area contributed by atoms with Gasteiger partial charge in [-0.05, 0) is 27.2 Å². The highest BCUT2D eigenvalue weighted by Gasteiger charge is 2.32. The van der Waals surface area contributed by atoms with Gasteiger partial charge in [-0.25, -0.2) is 0 Å². The van der Waals surface area contributed by atoms with Gasteiger partial charge in [0.2, 0.25) is 0 Å². The molecule has 1 N–H and O–H groups in total. The van der Waals surface area contributed by atoms with Crippen LogP contribution in [0, 0.1) is 0 Å². The summed E-state index contributed by atoms with van der Waals surface area (Å²) >= 11 is 0. The average Bonchev–Trinajstić information content (AvgIpc) is 2.80. The summed E-state index contributed by atoms with van der Waals surface area (Å²) in [7, 11) is 0. The molecule has 1 saturated heterocycles. The van der Waals surface area contributed by atoms with Crippen LogP contribution in [0.5, 0.6) is 0 Å². The summed E-state index contributed by atoms with van der Waals surface area (Å²) < 4.78 is 5.79. The molecule has 0 spiro atoms. The fourth-order valence-electron chi connectivity index (χ4n) is 2.00. The van der Waals surface area contributed by atoms with E-state index in [1.807, 2.05) is 0 Å². The highest BCUT2D eigenvalue weighted by atomic mass is 16.5. The summed E-state index contributed by atoms with van der Waals surface area (Å²) in [5.41, 5.74) is -0.201. The lowest BCUT2D eigenvalue weighted by molar-refractivity contribution is -0.0517. The maximum atomic E-state index is 9.95. The van der Waals surface area contributed by atoms with Gasteiger partial charge in [-0.2, -0.15) is 0 Å². The standard InChI is InChI=1S/C13H27NO2/c1-5-6-7-16-13(3,4)8-12(15)10-14-9-11(14)2/h11-12,15H,5-10H2,1-4H3. The Morgan fingerprint density at radius 2 is 2.12 bits per heavy atom. The lowest BCUT2D eigenvalue weighted by Crippen LogP contribution is -2.33. The molecule has 3 heteroatoms. The molecule has 0 aromatic carbocycles. The lowest BCUT2D eigenvalue weighted by atomic mass is 10.0. The van der Waals surface area contributed by atoms with Crippen LogP contribution in [0.4, 0.5) is 0 Å². The van der Waals surface area contributed by atoms with Gasteiger partial charge >= 0.3 is 0 Å². The van der Waals surface area contributed by atoms with E-state index in [2.05, 4.69) is 32.6 Å². The van der Waals surface area contributed by atoms with E-state index in [1.54, 1.807) is 0 Å². The Balaban J connectivity index is 2.16. The third-order valence-electron chi connectivity index (χ3n) is 3.15. The van der Waals surface area contributed by atoms with Gasteiger partial charge in [0.15, 0.2) is 0 Å². The molecule has 1 heterocycles. The van der Waals surface area contributed by atoms with E-state index < -0.39 is 0 Å². The van der Waals surface area contributed by atoms with Crippen molar-refractivity contribution in [1.82, 2.24) is 4.90 Å². The van der Waals surface area contributed by atoms with Crippen LogP contribution in [0.15, 0.2) is 0 Å². The normalized spacial score (nSPS) is 26.8. The molecule has 3 nitrogen and oxygen atoms in total. The molecular weight excluding hydrogens is 202 g/mol. The van der Waals surface area contributed by atoms with Crippen LogP contribution < -0.4 is 0 Å². The molecule has 1 aliphatic rings. The maximum absolute atomic E-state index is 9.95. The molecule has 0 radical (unpaired) electrons. The van der Waals surface area contributed by atoms with Gasteiger partial charge < -0.3 is 9.84 Å². The molecule has 3 atom stereocenters. The second kappa shape index (κ2) is 5.99. The zero-order valence-electron chi connectivity index (χ0n) is 11.2. The van der Waals surface area contributed by atoms with E-state index in [0.29, 0.717) is 6.04 Å². The van der Waals surface area contributed by atoms with Gasteiger partial charge in [0.1, 0.15) is 0 Å². The predicted molar refractivity (Wildman–Crippen MR) is 66.6 cm³/mol. The van der Waals surface area contributed by atoms with E-state index in [9.17, 15) is 5.11 Å². The predicted octanol–water partition coefficient (Wildman–Crippen LogP) is 2.04. The van der Waals surface area contributed by atoms with E-state index in [0.717, 1.165) is 39.0 Å². The van der Waals surface area contributed by atoms with Crippen molar-refractivity contribution < 1.29 is 9.84 Å². The largest absolute Gasteiger partial charge is 0.392 e. The zero-order chi connectivity index (χ0) is 12.2. The van der Waals surface area contributed by atoms with Crippen LogP contribution in [0.2, 0.25) is 0 Å². The van der Waals surface area contributed by atoms with E-state index >= 15 is 0 Å². The van der Waals surface area contributed by atoms with Crippen molar-refractivity contribution in [3.63, 3.8) is 0 Å². The molecule has 96 valence electrons. The number of β-amino-alcohol motifs (C(OH)–C–C–N with tert-alkyl or cyclic N) is 1. The minimum absolute atomic E-state index is 0.201. The average molecular weight is 229 g/mol. The van der Waals surface area contributed by atoms with Crippen LogP contribution in [0.25, 0.3) is 0 Å². The third-order valence-corrected chi connectivity index (χ3v) is 3.15. The highest BCUT2D eigenvalue weighted by molar-refractivity contribution is 4.87. The quantitative estimate of drug-likeness (QED) is 0.510. The van der Waals surface area contributed by atoms with Gasteiger partial charge in [-0.15, -0.1) is 0 Å². The molecule has 0 bridgehead atoms. The van der Waals surface area contributed by atoms with Crippen molar-refractivity contribution >= 4 is 0 Å². The highest BCUT2D eigenvalue weighted by Crippen LogP contribution is 2.22. The minimum atomic E-state index is -0.262. The first-order valence-corrected chi connectivity index (χ1v) is 6.50. The maximum Gasteiger partial charge on any atom is 0.0694 e. The first kappa shape index (κ1) is 13.9.